The van der Waals surface area contributed by atoms with Gasteiger partial charge >= 0.3 is 6.09 Å². The molecule has 3 amide bonds. The van der Waals surface area contributed by atoms with Crippen LogP contribution in [-0.4, -0.2) is 53.1 Å². The SMILES string of the molecule is CC.CC(C)OC(=O)N(C)[C@@H](C)C(=O)Nc1ccc(-c2ccccc2)n(CC(=O)NCCc2ccccc2)c1=O. The van der Waals surface area contributed by atoms with Crippen molar-refractivity contribution in [3.8, 4) is 11.3 Å². The molecule has 0 unspecified atom stereocenters. The van der Waals surface area contributed by atoms with Gasteiger partial charge in [-0.15, -0.1) is 0 Å². The summed E-state index contributed by atoms with van der Waals surface area (Å²) in [5.41, 5.74) is 1.86. The fourth-order valence-corrected chi connectivity index (χ4v) is 3.74. The van der Waals surface area contributed by atoms with Gasteiger partial charge in [0.25, 0.3) is 5.56 Å². The first kappa shape index (κ1) is 31.8. The Morgan fingerprint density at radius 3 is 2.10 bits per heavy atom. The normalized spacial score (nSPS) is 11.1. The zero-order valence-corrected chi connectivity index (χ0v) is 24.1. The largest absolute Gasteiger partial charge is 0.447 e. The maximum absolute atomic E-state index is 13.5. The summed E-state index contributed by atoms with van der Waals surface area (Å²) in [4.78, 5) is 52.5. The lowest BCUT2D eigenvalue weighted by Gasteiger charge is -2.24. The number of rotatable bonds is 10. The Bertz CT molecular complexity index is 1310. The summed E-state index contributed by atoms with van der Waals surface area (Å²) in [6, 6.07) is 21.3. The van der Waals surface area contributed by atoms with Crippen LogP contribution < -0.4 is 16.2 Å². The summed E-state index contributed by atoms with van der Waals surface area (Å²) in [5, 5.41) is 5.47. The van der Waals surface area contributed by atoms with E-state index in [1.54, 1.807) is 19.9 Å². The Labute approximate surface area is 236 Å². The third-order valence-corrected chi connectivity index (χ3v) is 5.97. The molecule has 0 bridgehead atoms. The molecule has 40 heavy (non-hydrogen) atoms. The highest BCUT2D eigenvalue weighted by molar-refractivity contribution is 5.96. The van der Waals surface area contributed by atoms with Crippen molar-refractivity contribution in [2.24, 2.45) is 0 Å². The van der Waals surface area contributed by atoms with E-state index in [4.69, 9.17) is 4.74 Å². The third-order valence-electron chi connectivity index (χ3n) is 5.97. The number of carbonyl (C=O) groups is 3. The van der Waals surface area contributed by atoms with Gasteiger partial charge in [0.05, 0.1) is 11.8 Å². The molecule has 1 heterocycles. The lowest BCUT2D eigenvalue weighted by molar-refractivity contribution is -0.121. The first-order chi connectivity index (χ1) is 19.2. The highest BCUT2D eigenvalue weighted by Crippen LogP contribution is 2.19. The van der Waals surface area contributed by atoms with E-state index in [0.29, 0.717) is 18.7 Å². The van der Waals surface area contributed by atoms with Crippen molar-refractivity contribution >= 4 is 23.6 Å². The van der Waals surface area contributed by atoms with Crippen molar-refractivity contribution in [3.05, 3.63) is 88.7 Å². The highest BCUT2D eigenvalue weighted by atomic mass is 16.6. The summed E-state index contributed by atoms with van der Waals surface area (Å²) >= 11 is 0. The number of hydrogen-bond acceptors (Lipinski definition) is 5. The van der Waals surface area contributed by atoms with Crippen LogP contribution in [0, 0.1) is 0 Å². The molecule has 0 saturated carbocycles. The van der Waals surface area contributed by atoms with E-state index < -0.39 is 23.6 Å². The maximum Gasteiger partial charge on any atom is 0.410 e. The number of carbonyl (C=O) groups excluding carboxylic acids is 3. The lowest BCUT2D eigenvalue weighted by Crippen LogP contribution is -2.44. The Kier molecular flexibility index (Phi) is 12.6. The van der Waals surface area contributed by atoms with Gasteiger partial charge in [-0.05, 0) is 50.5 Å². The van der Waals surface area contributed by atoms with E-state index in [1.165, 1.54) is 24.6 Å². The van der Waals surface area contributed by atoms with E-state index in [1.807, 2.05) is 74.5 Å². The minimum atomic E-state index is -0.899. The summed E-state index contributed by atoms with van der Waals surface area (Å²) in [7, 11) is 1.45. The number of likely N-dealkylation sites (N-methyl/N-ethyl adjacent to an activating group) is 1. The van der Waals surface area contributed by atoms with Crippen LogP contribution in [0.1, 0.15) is 40.2 Å². The number of nitrogens with zero attached hydrogens (tertiary/aromatic N) is 2. The number of aromatic nitrogens is 1. The van der Waals surface area contributed by atoms with Gasteiger partial charge in [0, 0.05) is 13.6 Å². The minimum absolute atomic E-state index is 0.00393. The molecule has 9 heteroatoms. The highest BCUT2D eigenvalue weighted by Gasteiger charge is 2.25. The van der Waals surface area contributed by atoms with Crippen LogP contribution in [0.3, 0.4) is 0 Å². The van der Waals surface area contributed by atoms with Gasteiger partial charge in [-0.3, -0.25) is 23.9 Å². The number of nitrogens with one attached hydrogen (secondary N) is 2. The van der Waals surface area contributed by atoms with Crippen molar-refractivity contribution in [3.63, 3.8) is 0 Å². The number of anilines is 1. The average molecular weight is 549 g/mol. The van der Waals surface area contributed by atoms with E-state index in [9.17, 15) is 19.2 Å². The second-order valence-electron chi connectivity index (χ2n) is 9.18. The summed E-state index contributed by atoms with van der Waals surface area (Å²) < 4.78 is 6.48. The monoisotopic (exact) mass is 548 g/mol. The molecule has 0 aliphatic rings. The van der Waals surface area contributed by atoms with Crippen molar-refractivity contribution < 1.29 is 19.1 Å². The average Bonchev–Trinajstić information content (AvgIpc) is 2.96. The zero-order valence-electron chi connectivity index (χ0n) is 24.1. The molecule has 0 aliphatic carbocycles. The predicted molar refractivity (Wildman–Crippen MR) is 158 cm³/mol. The van der Waals surface area contributed by atoms with Gasteiger partial charge in [0.1, 0.15) is 18.3 Å². The standard InChI is InChI=1S/C29H34N4O5.C2H6/c1-20(2)38-29(37)32(4)21(3)27(35)31-24-15-16-25(23-13-9-6-10-14-23)33(28(24)36)19-26(34)30-18-17-22-11-7-5-8-12-22;1-2/h5-16,20-21H,17-19H2,1-4H3,(H,30,34)(H,31,35);1-2H3/t21-;/m0./s1. The zero-order chi connectivity index (χ0) is 29.7. The van der Waals surface area contributed by atoms with Crippen LogP contribution >= 0.6 is 0 Å². The Morgan fingerprint density at radius 1 is 0.900 bits per heavy atom. The molecule has 2 N–H and O–H groups in total. The fourth-order valence-electron chi connectivity index (χ4n) is 3.74. The van der Waals surface area contributed by atoms with Crippen molar-refractivity contribution in [2.45, 2.75) is 59.7 Å². The van der Waals surface area contributed by atoms with Gasteiger partial charge in [-0.25, -0.2) is 4.79 Å². The minimum Gasteiger partial charge on any atom is -0.447 e. The van der Waals surface area contributed by atoms with Crippen molar-refractivity contribution in [1.82, 2.24) is 14.8 Å². The van der Waals surface area contributed by atoms with Crippen LogP contribution in [-0.2, 0) is 27.3 Å². The van der Waals surface area contributed by atoms with E-state index in [0.717, 1.165) is 16.0 Å². The quantitative estimate of drug-likeness (QED) is 0.382. The van der Waals surface area contributed by atoms with Crippen LogP contribution in [0.25, 0.3) is 11.3 Å². The summed E-state index contributed by atoms with van der Waals surface area (Å²) in [5.74, 6) is -0.884. The molecule has 0 aliphatic heterocycles. The molecule has 1 aromatic heterocycles. The summed E-state index contributed by atoms with van der Waals surface area (Å²) in [6.07, 6.45) is -0.322. The van der Waals surface area contributed by atoms with E-state index >= 15 is 0 Å². The van der Waals surface area contributed by atoms with Gasteiger partial charge in [0.15, 0.2) is 0 Å². The molecular formula is C31H40N4O5. The second-order valence-corrected chi connectivity index (χ2v) is 9.18. The smallest absolute Gasteiger partial charge is 0.410 e. The molecule has 3 rings (SSSR count). The number of hydrogen-bond donors (Lipinski definition) is 2. The van der Waals surface area contributed by atoms with Crippen LogP contribution in [0.2, 0.25) is 0 Å². The second kappa shape index (κ2) is 15.9. The molecule has 0 spiro atoms. The van der Waals surface area contributed by atoms with Gasteiger partial charge in [-0.2, -0.15) is 0 Å². The fraction of sp³-hybridized carbons (Fsp3) is 0.355. The van der Waals surface area contributed by atoms with Gasteiger partial charge < -0.3 is 15.4 Å². The molecule has 0 fully saturated rings. The molecular weight excluding hydrogens is 508 g/mol. The summed E-state index contributed by atoms with van der Waals surface area (Å²) in [6.45, 7) is 9.16. The van der Waals surface area contributed by atoms with Gasteiger partial charge in [0.2, 0.25) is 11.8 Å². The maximum atomic E-state index is 13.5. The number of amides is 3. The molecule has 0 radical (unpaired) electrons. The van der Waals surface area contributed by atoms with E-state index in [-0.39, 0.29) is 24.2 Å². The molecule has 3 aromatic rings. The number of benzene rings is 2. The predicted octanol–water partition coefficient (Wildman–Crippen LogP) is 4.70. The number of pyridine rings is 1. The number of ether oxygens (including phenoxy) is 1. The topological polar surface area (TPSA) is 110 Å². The first-order valence-electron chi connectivity index (χ1n) is 13.5. The van der Waals surface area contributed by atoms with Crippen LogP contribution in [0.15, 0.2) is 77.6 Å². The Hall–Kier alpha value is -4.40. The third kappa shape index (κ3) is 9.11. The first-order valence-corrected chi connectivity index (χ1v) is 13.5. The van der Waals surface area contributed by atoms with Crippen LogP contribution in [0.5, 0.6) is 0 Å². The molecule has 2 aromatic carbocycles. The molecule has 214 valence electrons. The van der Waals surface area contributed by atoms with Gasteiger partial charge in [-0.1, -0.05) is 74.5 Å². The lowest BCUT2D eigenvalue weighted by atomic mass is 10.1. The Morgan fingerprint density at radius 2 is 1.50 bits per heavy atom. The van der Waals surface area contributed by atoms with Crippen LogP contribution in [0.4, 0.5) is 10.5 Å². The molecule has 0 saturated heterocycles. The van der Waals surface area contributed by atoms with E-state index in [2.05, 4.69) is 10.6 Å². The Balaban J connectivity index is 0.00000274. The molecule has 9 nitrogen and oxygen atoms in total. The molecule has 1 atom stereocenters. The van der Waals surface area contributed by atoms with Crippen molar-refractivity contribution in [2.75, 3.05) is 18.9 Å². The van der Waals surface area contributed by atoms with Crippen molar-refractivity contribution in [1.29, 1.82) is 0 Å².